The molecule has 6 heterocycles. The Labute approximate surface area is 382 Å². The van der Waals surface area contributed by atoms with E-state index in [-0.39, 0.29) is 78.5 Å². The normalized spacial score (nSPS) is 27.6. The van der Waals surface area contributed by atoms with Crippen molar-refractivity contribution in [3.63, 3.8) is 0 Å². The molecule has 0 amide bonds. The number of aliphatic hydroxyl groups excluding tert-OH is 2. The van der Waals surface area contributed by atoms with Gasteiger partial charge in [-0.1, -0.05) is 36.4 Å². The number of aliphatic hydroxyl groups is 3. The molecule has 28 heteroatoms. The highest BCUT2D eigenvalue weighted by molar-refractivity contribution is 7.52. The third-order valence-electron chi connectivity index (χ3n) is 11.0. The number of para-hydroxylation sites is 2. The van der Waals surface area contributed by atoms with Crippen LogP contribution in [0.3, 0.4) is 0 Å². The summed E-state index contributed by atoms with van der Waals surface area (Å²) in [7, 11) is -7.42. The summed E-state index contributed by atoms with van der Waals surface area (Å²) < 4.78 is 92.9. The van der Waals surface area contributed by atoms with Crippen molar-refractivity contribution in [1.82, 2.24) is 39.7 Å². The number of fused-ring (bicyclic) bond motifs is 2. The summed E-state index contributed by atoms with van der Waals surface area (Å²) in [5.74, 6) is 0.452. The summed E-state index contributed by atoms with van der Waals surface area (Å²) >= 11 is 0. The van der Waals surface area contributed by atoms with Crippen molar-refractivity contribution in [2.45, 2.75) is 68.9 Å². The van der Waals surface area contributed by atoms with E-state index in [1.807, 2.05) is 0 Å². The lowest BCUT2D eigenvalue weighted by molar-refractivity contribution is -0.0948. The fourth-order valence-corrected chi connectivity index (χ4v) is 10.3. The molecule has 25 nitrogen and oxygen atoms in total. The van der Waals surface area contributed by atoms with Gasteiger partial charge in [-0.2, -0.15) is 19.9 Å². The minimum absolute atomic E-state index is 0.00399. The Balaban J connectivity index is 0.944. The van der Waals surface area contributed by atoms with Crippen LogP contribution in [0.2, 0.25) is 0 Å². The van der Waals surface area contributed by atoms with E-state index in [9.17, 15) is 24.4 Å². The first-order valence-electron chi connectivity index (χ1n) is 20.9. The van der Waals surface area contributed by atoms with Crippen molar-refractivity contribution in [1.29, 1.82) is 0 Å². The van der Waals surface area contributed by atoms with Gasteiger partial charge in [-0.15, -0.1) is 0 Å². The number of nitrogens with zero attached hydrogens (tertiary/aromatic N) is 7. The number of nitrogen functional groups attached to an aromatic ring is 2. The molecule has 10 N–H and O–H groups in total. The molecule has 0 spiro atoms. The number of nitrogens with one attached hydrogen (secondary N) is 3. The Morgan fingerprint density at radius 2 is 1.40 bits per heavy atom. The van der Waals surface area contributed by atoms with Crippen LogP contribution >= 0.6 is 15.5 Å². The second kappa shape index (κ2) is 19.2. The zero-order valence-electron chi connectivity index (χ0n) is 36.5. The lowest BCUT2D eigenvalue weighted by Gasteiger charge is -2.31. The van der Waals surface area contributed by atoms with Crippen molar-refractivity contribution in [3.8, 4) is 23.3 Å². The summed E-state index contributed by atoms with van der Waals surface area (Å²) in [5, 5.41) is 42.5. The maximum atomic E-state index is 16.5. The van der Waals surface area contributed by atoms with Crippen LogP contribution in [-0.4, -0.2) is 133 Å². The van der Waals surface area contributed by atoms with Crippen LogP contribution < -0.4 is 50.4 Å². The van der Waals surface area contributed by atoms with Crippen LogP contribution in [0.15, 0.2) is 67.0 Å². The average molecular weight is 977 g/mol. The molecule has 2 saturated heterocycles. The predicted molar refractivity (Wildman–Crippen MR) is 237 cm³/mol. The van der Waals surface area contributed by atoms with E-state index < -0.39 is 76.8 Å². The van der Waals surface area contributed by atoms with Gasteiger partial charge in [0.25, 0.3) is 0 Å². The summed E-state index contributed by atoms with van der Waals surface area (Å²) in [4.78, 5) is 22.3. The van der Waals surface area contributed by atoms with Crippen LogP contribution in [0.1, 0.15) is 27.0 Å². The number of hydrogen-bond donors (Lipinski definition) is 8. The Hall–Kier alpha value is -5.50. The van der Waals surface area contributed by atoms with Crippen LogP contribution in [-0.2, 0) is 27.7 Å². The highest BCUT2D eigenvalue weighted by Crippen LogP contribution is 2.50. The fraction of sp³-hybridized carbons (Fsp3) is 0.462. The van der Waals surface area contributed by atoms with E-state index >= 15 is 4.39 Å². The first-order valence-corrected chi connectivity index (χ1v) is 24.0. The van der Waals surface area contributed by atoms with Gasteiger partial charge in [0.2, 0.25) is 23.7 Å². The van der Waals surface area contributed by atoms with Crippen molar-refractivity contribution >= 4 is 50.1 Å². The van der Waals surface area contributed by atoms with Crippen molar-refractivity contribution in [3.05, 3.63) is 67.0 Å². The van der Waals surface area contributed by atoms with Crippen LogP contribution in [0, 0.1) is 0 Å². The van der Waals surface area contributed by atoms with E-state index in [1.54, 1.807) is 43.3 Å². The number of hydrogen-bond acceptors (Lipinski definition) is 22. The molecule has 67 heavy (non-hydrogen) atoms. The van der Waals surface area contributed by atoms with E-state index in [0.717, 1.165) is 6.92 Å². The topological polar surface area (TPSA) is 329 Å². The zero-order valence-corrected chi connectivity index (χ0v) is 38.3. The number of aromatic nitrogens is 6. The van der Waals surface area contributed by atoms with Gasteiger partial charge >= 0.3 is 15.5 Å². The standard InChI is InChI=1S/C39H51FN12O13P2/c1-5-59-33-27-31(48-37(42)50-33)51(20-44-27)34-38(2,40)28(53)24(62-34)18-60-66(56,64-22-12-8-6-9-13-22)45-16-17-46-67(57,65-23-14-10-7-11-15-23)61-19-25-29(54)39(3,55)35(63-25)52-21-43-26-30(52)47-36(41)49-32(26)58-4/h6-15,21,24-25,28-29,34-35,44,53-55H,5,16-20H2,1-4H3,(H,45,56)(H,46,57)(H2,41,47,49)(H2,42,48,50)/t24-,25-,28-,29-,34-,35-,38-,39-,66?,67?/m1/s1. The number of nitrogens with two attached hydrogens (primary N) is 2. The molecule has 5 aromatic rings. The predicted octanol–water partition coefficient (Wildman–Crippen LogP) is 2.49. The molecule has 3 aliphatic heterocycles. The molecule has 0 aliphatic carbocycles. The SMILES string of the molecule is CCOc1nc(N)nc2c1NCN2[C@@H]1O[C@H](COP(=O)(NCCNP(=O)(OC[C@H]2O[C@@H](n3cnc4c(OC)nc(N)nc43)[C@](C)(O)[C@@H]2O)Oc2ccccc2)Oc2ccccc2)[C@@H](O)[C@@]1(C)F. The van der Waals surface area contributed by atoms with Gasteiger partial charge in [-0.05, 0) is 45.0 Å². The second-order valence-electron chi connectivity index (χ2n) is 15.8. The Kier molecular flexibility index (Phi) is 13.8. The highest BCUT2D eigenvalue weighted by Gasteiger charge is 2.58. The monoisotopic (exact) mass is 976 g/mol. The molecule has 2 unspecified atom stereocenters. The quantitative estimate of drug-likeness (QED) is 0.0410. The third-order valence-corrected chi connectivity index (χ3v) is 14.1. The highest BCUT2D eigenvalue weighted by atomic mass is 31.2. The average Bonchev–Trinajstić information content (AvgIpc) is 4.02. The van der Waals surface area contributed by atoms with Crippen molar-refractivity contribution < 1.29 is 65.9 Å². The molecular weight excluding hydrogens is 925 g/mol. The van der Waals surface area contributed by atoms with Crippen molar-refractivity contribution in [2.75, 3.05) is 68.4 Å². The van der Waals surface area contributed by atoms with Gasteiger partial charge in [0.15, 0.2) is 35.1 Å². The third kappa shape index (κ3) is 9.92. The minimum Gasteiger partial charge on any atom is -0.479 e. The molecule has 3 aliphatic rings. The number of methoxy groups -OCH3 is 1. The molecule has 2 aromatic carbocycles. The van der Waals surface area contributed by atoms with E-state index in [1.165, 1.54) is 54.1 Å². The first-order chi connectivity index (χ1) is 31.9. The van der Waals surface area contributed by atoms with Crippen LogP contribution in [0.25, 0.3) is 11.2 Å². The molecular formula is C39H51FN12O13P2. The molecule has 0 radical (unpaired) electrons. The van der Waals surface area contributed by atoms with Crippen molar-refractivity contribution in [2.24, 2.45) is 0 Å². The van der Waals surface area contributed by atoms with Gasteiger partial charge in [0.1, 0.15) is 47.2 Å². The summed E-state index contributed by atoms with van der Waals surface area (Å²) in [6.07, 6.45) is -7.43. The van der Waals surface area contributed by atoms with E-state index in [2.05, 4.69) is 40.4 Å². The number of halogens is 1. The van der Waals surface area contributed by atoms with Gasteiger partial charge in [-0.3, -0.25) is 13.6 Å². The van der Waals surface area contributed by atoms with E-state index in [4.69, 9.17) is 48.5 Å². The summed E-state index contributed by atoms with van der Waals surface area (Å²) in [5.41, 5.74) is 8.16. The Bertz CT molecular complexity index is 2620. The van der Waals surface area contributed by atoms with Crippen LogP contribution in [0.4, 0.5) is 27.8 Å². The van der Waals surface area contributed by atoms with Gasteiger partial charge in [0, 0.05) is 13.1 Å². The fourth-order valence-electron chi connectivity index (χ4n) is 7.65. The number of anilines is 4. The maximum Gasteiger partial charge on any atom is 0.458 e. The number of alkyl halides is 1. The zero-order chi connectivity index (χ0) is 47.7. The molecule has 0 bridgehead atoms. The Morgan fingerprint density at radius 3 is 1.99 bits per heavy atom. The number of imidazole rings is 1. The van der Waals surface area contributed by atoms with Gasteiger partial charge in [-0.25, -0.2) is 28.7 Å². The lowest BCUT2D eigenvalue weighted by atomic mass is 9.96. The lowest BCUT2D eigenvalue weighted by Crippen LogP contribution is -2.50. The first kappa shape index (κ1) is 48.0. The molecule has 362 valence electrons. The number of rotatable bonds is 20. The second-order valence-corrected chi connectivity index (χ2v) is 19.3. The molecule has 8 rings (SSSR count). The van der Waals surface area contributed by atoms with Gasteiger partial charge in [0.05, 0.1) is 39.9 Å². The number of benzene rings is 2. The molecule has 3 aromatic heterocycles. The number of ether oxygens (including phenoxy) is 4. The smallest absolute Gasteiger partial charge is 0.458 e. The minimum atomic E-state index is -4.41. The largest absolute Gasteiger partial charge is 0.479 e. The summed E-state index contributed by atoms with van der Waals surface area (Å²) in [6.45, 7) is 2.79. The van der Waals surface area contributed by atoms with E-state index in [0.29, 0.717) is 5.69 Å². The molecule has 10 atom stereocenters. The summed E-state index contributed by atoms with van der Waals surface area (Å²) in [6, 6.07) is 16.1. The molecule has 0 saturated carbocycles. The van der Waals surface area contributed by atoms with Gasteiger partial charge < -0.3 is 65.0 Å². The Morgan fingerprint density at radius 1 is 0.851 bits per heavy atom. The van der Waals surface area contributed by atoms with Crippen LogP contribution in [0.5, 0.6) is 23.3 Å². The molecule has 2 fully saturated rings. The maximum absolute atomic E-state index is 16.5.